The lowest BCUT2D eigenvalue weighted by Gasteiger charge is -2.19. The van der Waals surface area contributed by atoms with Crippen molar-refractivity contribution in [3.63, 3.8) is 0 Å². The van der Waals surface area contributed by atoms with Gasteiger partial charge in [-0.1, -0.05) is 103 Å². The summed E-state index contributed by atoms with van der Waals surface area (Å²) in [7, 11) is 0. The number of carbonyl (C=O) groups excluding carboxylic acids is 1. The highest BCUT2D eigenvalue weighted by atomic mass is 32.2. The van der Waals surface area contributed by atoms with E-state index in [4.69, 9.17) is 9.97 Å². The minimum absolute atomic E-state index is 0.0800. The highest BCUT2D eigenvalue weighted by molar-refractivity contribution is 7.99. The number of amides is 1. The number of hydrogen-bond donors (Lipinski definition) is 1. The van der Waals surface area contributed by atoms with Gasteiger partial charge in [0.05, 0.1) is 23.0 Å². The van der Waals surface area contributed by atoms with E-state index in [2.05, 4.69) is 39.8 Å². The molecule has 9 heteroatoms. The molecule has 3 aromatic carbocycles. The van der Waals surface area contributed by atoms with Gasteiger partial charge in [-0.2, -0.15) is 0 Å². The maximum atomic E-state index is 13.2. The Morgan fingerprint density at radius 2 is 1.56 bits per heavy atom. The lowest BCUT2D eigenvalue weighted by molar-refractivity contribution is -0.119. The highest BCUT2D eigenvalue weighted by Gasteiger charge is 2.26. The number of nitrogens with zero attached hydrogens (tertiary/aromatic N) is 5. The van der Waals surface area contributed by atoms with Crippen LogP contribution in [0.4, 0.5) is 0 Å². The van der Waals surface area contributed by atoms with Crippen molar-refractivity contribution in [3.05, 3.63) is 120 Å². The summed E-state index contributed by atoms with van der Waals surface area (Å²) in [5.41, 5.74) is 8.69. The first-order valence-corrected chi connectivity index (χ1v) is 16.1. The Balaban J connectivity index is 1.10. The van der Waals surface area contributed by atoms with E-state index in [1.54, 1.807) is 17.7 Å². The summed E-state index contributed by atoms with van der Waals surface area (Å²) < 4.78 is 2.86. The van der Waals surface area contributed by atoms with E-state index in [1.165, 1.54) is 22.9 Å². The Labute approximate surface area is 256 Å². The van der Waals surface area contributed by atoms with Crippen molar-refractivity contribution in [1.82, 2.24) is 29.9 Å². The van der Waals surface area contributed by atoms with Gasteiger partial charge in [0.15, 0.2) is 10.8 Å². The number of fused-ring (bicyclic) bond motifs is 7. The summed E-state index contributed by atoms with van der Waals surface area (Å²) in [6.45, 7) is 0. The molecule has 0 atom stereocenters. The number of thiophene rings is 1. The lowest BCUT2D eigenvalue weighted by atomic mass is 9.99. The van der Waals surface area contributed by atoms with Gasteiger partial charge >= 0.3 is 0 Å². The fourth-order valence-electron chi connectivity index (χ4n) is 6.05. The maximum absolute atomic E-state index is 13.2. The molecule has 0 aliphatic heterocycles. The second-order valence-corrected chi connectivity index (χ2v) is 12.6. The summed E-state index contributed by atoms with van der Waals surface area (Å²) in [6.07, 6.45) is 4.97. The fraction of sp³-hybridized carbons (Fsp3) is 0.147. The number of thioether (sulfide) groups is 1. The van der Waals surface area contributed by atoms with Crippen molar-refractivity contribution in [3.8, 4) is 11.3 Å². The molecule has 210 valence electrons. The van der Waals surface area contributed by atoms with E-state index < -0.39 is 0 Å². The molecule has 4 heterocycles. The second kappa shape index (κ2) is 10.9. The third-order valence-corrected chi connectivity index (χ3v) is 10.0. The number of carbonyl (C=O) groups is 1. The van der Waals surface area contributed by atoms with Crippen molar-refractivity contribution >= 4 is 55.1 Å². The molecule has 7 aromatic rings. The normalized spacial score (nSPS) is 12.9. The average Bonchev–Trinajstić information content (AvgIpc) is 3.80. The molecule has 0 unspecified atom stereocenters. The lowest BCUT2D eigenvalue weighted by Crippen LogP contribution is -2.30. The van der Waals surface area contributed by atoms with Crippen LogP contribution in [0.3, 0.4) is 0 Å². The van der Waals surface area contributed by atoms with Gasteiger partial charge in [0, 0.05) is 10.9 Å². The number of hydrogen-bond acceptors (Lipinski definition) is 7. The van der Waals surface area contributed by atoms with Crippen LogP contribution in [0, 0.1) is 0 Å². The van der Waals surface area contributed by atoms with Gasteiger partial charge in [0.2, 0.25) is 5.91 Å². The summed E-state index contributed by atoms with van der Waals surface area (Å²) in [5.74, 6) is 0.125. The number of aromatic nitrogens is 5. The quantitative estimate of drug-likeness (QED) is 0.198. The summed E-state index contributed by atoms with van der Waals surface area (Å²) in [6, 6.07) is 30.3. The topological polar surface area (TPSA) is 85.1 Å². The molecule has 1 aliphatic carbocycles. The van der Waals surface area contributed by atoms with E-state index in [-0.39, 0.29) is 17.7 Å². The third-order valence-electron chi connectivity index (χ3n) is 8.00. The fourth-order valence-corrected chi connectivity index (χ4v) is 7.90. The zero-order chi connectivity index (χ0) is 28.8. The number of rotatable bonds is 7. The van der Waals surface area contributed by atoms with Crippen molar-refractivity contribution in [2.75, 3.05) is 5.75 Å². The van der Waals surface area contributed by atoms with Crippen LogP contribution in [-0.2, 0) is 17.6 Å². The van der Waals surface area contributed by atoms with E-state index >= 15 is 0 Å². The second-order valence-electron chi connectivity index (χ2n) is 10.6. The van der Waals surface area contributed by atoms with Gasteiger partial charge in [-0.3, -0.25) is 9.20 Å². The van der Waals surface area contributed by atoms with Crippen LogP contribution in [0.5, 0.6) is 0 Å². The van der Waals surface area contributed by atoms with Gasteiger partial charge in [0.25, 0.3) is 0 Å². The molecule has 4 aromatic heterocycles. The summed E-state index contributed by atoms with van der Waals surface area (Å²) in [5, 5.41) is 14.0. The molecular weight excluding hydrogens is 573 g/mol. The smallest absolute Gasteiger partial charge is 0.231 e. The van der Waals surface area contributed by atoms with Gasteiger partial charge in [-0.25, -0.2) is 9.97 Å². The number of nitrogens with one attached hydrogen (secondary N) is 1. The van der Waals surface area contributed by atoms with E-state index in [0.717, 1.165) is 67.7 Å². The van der Waals surface area contributed by atoms with Crippen molar-refractivity contribution in [1.29, 1.82) is 0 Å². The third kappa shape index (κ3) is 4.65. The van der Waals surface area contributed by atoms with Crippen LogP contribution in [0.1, 0.15) is 34.7 Å². The molecule has 1 amide bonds. The largest absolute Gasteiger partial charge is 0.344 e. The average molecular weight is 599 g/mol. The number of benzene rings is 3. The predicted molar refractivity (Wildman–Crippen MR) is 173 cm³/mol. The van der Waals surface area contributed by atoms with Gasteiger partial charge < -0.3 is 5.32 Å². The van der Waals surface area contributed by atoms with Crippen LogP contribution in [-0.4, -0.2) is 36.2 Å². The molecule has 0 bridgehead atoms. The first-order valence-electron chi connectivity index (χ1n) is 14.3. The van der Waals surface area contributed by atoms with Gasteiger partial charge in [-0.15, -0.1) is 21.5 Å². The summed E-state index contributed by atoms with van der Waals surface area (Å²) in [4.78, 5) is 24.3. The Morgan fingerprint density at radius 1 is 0.884 bits per heavy atom. The zero-order valence-corrected chi connectivity index (χ0v) is 24.7. The first kappa shape index (κ1) is 26.1. The van der Waals surface area contributed by atoms with Crippen LogP contribution in [0.2, 0.25) is 0 Å². The minimum Gasteiger partial charge on any atom is -0.344 e. The molecule has 0 saturated carbocycles. The molecule has 1 aliphatic rings. The molecule has 0 spiro atoms. The van der Waals surface area contributed by atoms with Crippen LogP contribution < -0.4 is 5.32 Å². The summed E-state index contributed by atoms with van der Waals surface area (Å²) >= 11 is 2.98. The van der Waals surface area contributed by atoms with Crippen LogP contribution in [0.15, 0.2) is 102 Å². The zero-order valence-electron chi connectivity index (χ0n) is 23.1. The van der Waals surface area contributed by atoms with Crippen molar-refractivity contribution < 1.29 is 4.79 Å². The van der Waals surface area contributed by atoms with E-state index in [9.17, 15) is 4.79 Å². The van der Waals surface area contributed by atoms with Crippen molar-refractivity contribution in [2.45, 2.75) is 30.5 Å². The molecule has 1 N–H and O–H groups in total. The minimum atomic E-state index is -0.236. The number of pyridine rings is 1. The molecule has 7 nitrogen and oxygen atoms in total. The first-order chi connectivity index (χ1) is 21.2. The molecule has 0 saturated heterocycles. The Morgan fingerprint density at radius 3 is 2.28 bits per heavy atom. The molecular formula is C34H26N6OS2. The Bertz CT molecular complexity index is 2070. The molecule has 43 heavy (non-hydrogen) atoms. The number of aryl methyl sites for hydroxylation is 1. The predicted octanol–water partition coefficient (Wildman–Crippen LogP) is 7.04. The molecule has 0 fully saturated rings. The van der Waals surface area contributed by atoms with Gasteiger partial charge in [0.1, 0.15) is 15.9 Å². The standard InChI is InChI=1S/C34H26N6OS2/c41-26(36-28(21-11-4-1-5-12-21)22-13-6-2-7-14-22)19-42-34-39-38-32-31-30(35-20-40(32)34)27-24-17-10-18-25(24)29(37-33(27)43-31)23-15-8-3-9-16-23/h1-9,11-16,20,28H,10,17-19H2,(H,36,41). The van der Waals surface area contributed by atoms with Crippen LogP contribution >= 0.6 is 23.1 Å². The highest BCUT2D eigenvalue weighted by Crippen LogP contribution is 2.43. The van der Waals surface area contributed by atoms with Gasteiger partial charge in [-0.05, 0) is 41.5 Å². The van der Waals surface area contributed by atoms with Crippen LogP contribution in [0.25, 0.3) is 37.3 Å². The SMILES string of the molecule is O=C(CSc1nnc2c3sc4nc(-c5ccccc5)c5c(c4c3ncn12)CCC5)NC(c1ccccc1)c1ccccc1. The maximum Gasteiger partial charge on any atom is 0.231 e. The Kier molecular flexibility index (Phi) is 6.61. The Hall–Kier alpha value is -4.60. The van der Waals surface area contributed by atoms with E-state index in [0.29, 0.717) is 5.16 Å². The molecule has 0 radical (unpaired) electrons. The van der Waals surface area contributed by atoms with E-state index in [1.807, 2.05) is 71.1 Å². The molecule has 8 rings (SSSR count). The van der Waals surface area contributed by atoms with Crippen molar-refractivity contribution in [2.24, 2.45) is 0 Å². The monoisotopic (exact) mass is 598 g/mol.